The number of nitrogens with two attached hydrogens (primary N) is 1. The van der Waals surface area contributed by atoms with Crippen LogP contribution in [0.4, 0.5) is 0 Å². The molecule has 1 unspecified atom stereocenters. The second-order valence-electron chi connectivity index (χ2n) is 5.67. The maximum absolute atomic E-state index is 11.6. The highest BCUT2D eigenvalue weighted by atomic mass is 16.1. The van der Waals surface area contributed by atoms with Gasteiger partial charge in [0.05, 0.1) is 0 Å². The first-order valence-corrected chi connectivity index (χ1v) is 6.34. The minimum absolute atomic E-state index is 0.176. The van der Waals surface area contributed by atoms with Gasteiger partial charge in [-0.2, -0.15) is 0 Å². The van der Waals surface area contributed by atoms with Gasteiger partial charge in [-0.15, -0.1) is 0 Å². The molecule has 0 saturated heterocycles. The molecule has 96 valence electrons. The van der Waals surface area contributed by atoms with Gasteiger partial charge in [-0.05, 0) is 30.7 Å². The Bertz CT molecular complexity index is 197. The summed E-state index contributed by atoms with van der Waals surface area (Å²) in [5, 5.41) is 2.96. The van der Waals surface area contributed by atoms with Crippen molar-refractivity contribution in [2.45, 2.75) is 53.4 Å². The molecule has 0 aliphatic heterocycles. The van der Waals surface area contributed by atoms with Gasteiger partial charge in [0.1, 0.15) is 0 Å². The molecule has 0 heterocycles. The van der Waals surface area contributed by atoms with Crippen LogP contribution in [-0.4, -0.2) is 19.0 Å². The standard InChI is InChI=1S/C13H28N2O/c1-11(13(2,3)4)10-12(16)15-9-7-5-6-8-14/h11H,5-10,14H2,1-4H3,(H,15,16). The molecule has 1 atom stereocenters. The van der Waals surface area contributed by atoms with Gasteiger partial charge in [-0.3, -0.25) is 4.79 Å². The predicted molar refractivity (Wildman–Crippen MR) is 69.2 cm³/mol. The quantitative estimate of drug-likeness (QED) is 0.657. The lowest BCUT2D eigenvalue weighted by Crippen LogP contribution is -2.29. The molecule has 0 saturated carbocycles. The topological polar surface area (TPSA) is 55.1 Å². The zero-order valence-corrected chi connectivity index (χ0v) is 11.3. The van der Waals surface area contributed by atoms with E-state index in [0.717, 1.165) is 32.4 Å². The summed E-state index contributed by atoms with van der Waals surface area (Å²) in [4.78, 5) is 11.6. The molecule has 0 rings (SSSR count). The van der Waals surface area contributed by atoms with Crippen LogP contribution in [0, 0.1) is 11.3 Å². The second kappa shape index (κ2) is 7.66. The van der Waals surface area contributed by atoms with Crippen LogP contribution in [-0.2, 0) is 4.79 Å². The number of hydrogen-bond acceptors (Lipinski definition) is 2. The first kappa shape index (κ1) is 15.4. The molecule has 0 aliphatic carbocycles. The van der Waals surface area contributed by atoms with Crippen molar-refractivity contribution in [3.05, 3.63) is 0 Å². The first-order chi connectivity index (χ1) is 7.38. The van der Waals surface area contributed by atoms with Crippen LogP contribution in [0.3, 0.4) is 0 Å². The molecule has 16 heavy (non-hydrogen) atoms. The van der Waals surface area contributed by atoms with Gasteiger partial charge < -0.3 is 11.1 Å². The Morgan fingerprint density at radius 3 is 2.38 bits per heavy atom. The van der Waals surface area contributed by atoms with Crippen LogP contribution in [0.15, 0.2) is 0 Å². The van der Waals surface area contributed by atoms with Crippen molar-refractivity contribution in [3.63, 3.8) is 0 Å². The number of rotatable bonds is 7. The molecule has 0 aromatic heterocycles. The fourth-order valence-corrected chi connectivity index (χ4v) is 1.33. The average Bonchev–Trinajstić information content (AvgIpc) is 2.16. The summed E-state index contributed by atoms with van der Waals surface area (Å²) in [5.74, 6) is 0.590. The summed E-state index contributed by atoms with van der Waals surface area (Å²) in [6.07, 6.45) is 3.81. The van der Waals surface area contributed by atoms with Crippen LogP contribution in [0.25, 0.3) is 0 Å². The molecule has 0 radical (unpaired) electrons. The fraction of sp³-hybridized carbons (Fsp3) is 0.923. The summed E-state index contributed by atoms with van der Waals surface area (Å²) in [7, 11) is 0. The van der Waals surface area contributed by atoms with Gasteiger partial charge in [0.15, 0.2) is 0 Å². The van der Waals surface area contributed by atoms with Crippen LogP contribution in [0.1, 0.15) is 53.4 Å². The van der Waals surface area contributed by atoms with E-state index in [0.29, 0.717) is 12.3 Å². The zero-order chi connectivity index (χ0) is 12.6. The Morgan fingerprint density at radius 2 is 1.88 bits per heavy atom. The van der Waals surface area contributed by atoms with E-state index in [1.165, 1.54) is 0 Å². The van der Waals surface area contributed by atoms with E-state index < -0.39 is 0 Å². The zero-order valence-electron chi connectivity index (χ0n) is 11.3. The molecule has 0 fully saturated rings. The molecule has 0 bridgehead atoms. The molecule has 0 aliphatic rings. The van der Waals surface area contributed by atoms with E-state index in [1.807, 2.05) is 0 Å². The van der Waals surface area contributed by atoms with Crippen LogP contribution < -0.4 is 11.1 Å². The van der Waals surface area contributed by atoms with E-state index in [1.54, 1.807) is 0 Å². The highest BCUT2D eigenvalue weighted by molar-refractivity contribution is 5.76. The van der Waals surface area contributed by atoms with Crippen LogP contribution >= 0.6 is 0 Å². The van der Waals surface area contributed by atoms with Crippen LogP contribution in [0.5, 0.6) is 0 Å². The van der Waals surface area contributed by atoms with Crippen molar-refractivity contribution >= 4 is 5.91 Å². The Labute approximate surface area is 100 Å². The van der Waals surface area contributed by atoms with Crippen molar-refractivity contribution in [3.8, 4) is 0 Å². The summed E-state index contributed by atoms with van der Waals surface area (Å²) >= 11 is 0. The largest absolute Gasteiger partial charge is 0.356 e. The monoisotopic (exact) mass is 228 g/mol. The minimum atomic E-state index is 0.176. The second-order valence-corrected chi connectivity index (χ2v) is 5.67. The summed E-state index contributed by atoms with van der Waals surface area (Å²) in [6.45, 7) is 10.2. The molecule has 3 nitrogen and oxygen atoms in total. The van der Waals surface area contributed by atoms with Crippen molar-refractivity contribution in [2.75, 3.05) is 13.1 Å². The third kappa shape index (κ3) is 7.69. The Morgan fingerprint density at radius 1 is 1.25 bits per heavy atom. The molecule has 0 aromatic carbocycles. The molecule has 3 heteroatoms. The smallest absolute Gasteiger partial charge is 0.220 e. The van der Waals surface area contributed by atoms with Gasteiger partial charge in [-0.1, -0.05) is 34.1 Å². The van der Waals surface area contributed by atoms with E-state index in [-0.39, 0.29) is 11.3 Å². The lowest BCUT2D eigenvalue weighted by molar-refractivity contribution is -0.122. The maximum atomic E-state index is 11.6. The SMILES string of the molecule is CC(CC(=O)NCCCCCN)C(C)(C)C. The number of hydrogen-bond donors (Lipinski definition) is 2. The number of unbranched alkanes of at least 4 members (excludes halogenated alkanes) is 2. The lowest BCUT2D eigenvalue weighted by atomic mass is 9.80. The van der Waals surface area contributed by atoms with Crippen molar-refractivity contribution in [1.82, 2.24) is 5.32 Å². The highest BCUT2D eigenvalue weighted by Crippen LogP contribution is 2.27. The minimum Gasteiger partial charge on any atom is -0.356 e. The molecular weight excluding hydrogens is 200 g/mol. The lowest BCUT2D eigenvalue weighted by Gasteiger charge is -2.26. The molecule has 1 amide bonds. The number of carbonyl (C=O) groups excluding carboxylic acids is 1. The number of nitrogens with one attached hydrogen (secondary N) is 1. The van der Waals surface area contributed by atoms with Crippen molar-refractivity contribution in [1.29, 1.82) is 0 Å². The third-order valence-electron chi connectivity index (χ3n) is 3.17. The Balaban J connectivity index is 3.59. The fourth-order valence-electron chi connectivity index (χ4n) is 1.33. The van der Waals surface area contributed by atoms with Gasteiger partial charge in [0.2, 0.25) is 5.91 Å². The predicted octanol–water partition coefficient (Wildman–Crippen LogP) is 2.30. The van der Waals surface area contributed by atoms with Gasteiger partial charge in [-0.25, -0.2) is 0 Å². The summed E-state index contributed by atoms with van der Waals surface area (Å²) in [5.41, 5.74) is 5.60. The normalized spacial score (nSPS) is 13.6. The molecule has 0 spiro atoms. The molecular formula is C13H28N2O. The van der Waals surface area contributed by atoms with E-state index >= 15 is 0 Å². The van der Waals surface area contributed by atoms with Gasteiger partial charge >= 0.3 is 0 Å². The summed E-state index contributed by atoms with van der Waals surface area (Å²) < 4.78 is 0. The highest BCUT2D eigenvalue weighted by Gasteiger charge is 2.22. The third-order valence-corrected chi connectivity index (χ3v) is 3.17. The average molecular weight is 228 g/mol. The van der Waals surface area contributed by atoms with E-state index in [9.17, 15) is 4.79 Å². The molecule has 3 N–H and O–H groups in total. The van der Waals surface area contributed by atoms with Crippen molar-refractivity contribution in [2.24, 2.45) is 17.1 Å². The Kier molecular flexibility index (Phi) is 7.39. The van der Waals surface area contributed by atoms with E-state index in [4.69, 9.17) is 5.73 Å². The van der Waals surface area contributed by atoms with Gasteiger partial charge in [0.25, 0.3) is 0 Å². The summed E-state index contributed by atoms with van der Waals surface area (Å²) in [6, 6.07) is 0. The molecule has 0 aromatic rings. The van der Waals surface area contributed by atoms with Crippen LogP contribution in [0.2, 0.25) is 0 Å². The number of carbonyl (C=O) groups is 1. The van der Waals surface area contributed by atoms with Crippen molar-refractivity contribution < 1.29 is 4.79 Å². The first-order valence-electron chi connectivity index (χ1n) is 6.34. The van der Waals surface area contributed by atoms with E-state index in [2.05, 4.69) is 33.0 Å². The Hall–Kier alpha value is -0.570. The number of amides is 1. The van der Waals surface area contributed by atoms with Gasteiger partial charge in [0, 0.05) is 13.0 Å². The maximum Gasteiger partial charge on any atom is 0.220 e.